The molecule has 0 aliphatic rings. The highest BCUT2D eigenvalue weighted by Crippen LogP contribution is 2.14. The van der Waals surface area contributed by atoms with E-state index in [1.807, 2.05) is 13.8 Å². The number of halogens is 4. The van der Waals surface area contributed by atoms with Gasteiger partial charge < -0.3 is 14.7 Å². The highest BCUT2D eigenvalue weighted by molar-refractivity contribution is 6.01. The SMILES string of the molecule is C=CC(CC)OCC(=NO)c1cccc(F)c1F.C=CC(CC)OCC(=O)c1cccc(F)c1F. The lowest BCUT2D eigenvalue weighted by molar-refractivity contribution is 0.0600. The van der Waals surface area contributed by atoms with E-state index in [0.29, 0.717) is 12.8 Å². The minimum absolute atomic E-state index is 0.0627. The van der Waals surface area contributed by atoms with Gasteiger partial charge in [-0.15, -0.1) is 13.2 Å². The molecule has 35 heavy (non-hydrogen) atoms. The summed E-state index contributed by atoms with van der Waals surface area (Å²) in [6.45, 7) is 10.5. The number of benzene rings is 2. The number of hydrogen-bond acceptors (Lipinski definition) is 5. The first-order valence-corrected chi connectivity index (χ1v) is 10.8. The van der Waals surface area contributed by atoms with Gasteiger partial charge in [-0.05, 0) is 37.1 Å². The fraction of sp³-hybridized carbons (Fsp3) is 0.308. The Morgan fingerprint density at radius 2 is 1.34 bits per heavy atom. The summed E-state index contributed by atoms with van der Waals surface area (Å²) in [6.07, 6.45) is 4.04. The summed E-state index contributed by atoms with van der Waals surface area (Å²) in [4.78, 5) is 11.6. The van der Waals surface area contributed by atoms with Crippen molar-refractivity contribution in [3.05, 3.63) is 96.1 Å². The predicted molar refractivity (Wildman–Crippen MR) is 126 cm³/mol. The molecule has 1 N–H and O–H groups in total. The molecule has 2 aromatic carbocycles. The summed E-state index contributed by atoms with van der Waals surface area (Å²) in [7, 11) is 0. The number of oxime groups is 1. The highest BCUT2D eigenvalue weighted by Gasteiger charge is 2.17. The van der Waals surface area contributed by atoms with Crippen LogP contribution in [0, 0.1) is 23.3 Å². The molecule has 2 rings (SSSR count). The molecule has 0 spiro atoms. The lowest BCUT2D eigenvalue weighted by Crippen LogP contribution is -2.18. The topological polar surface area (TPSA) is 68.1 Å². The van der Waals surface area contributed by atoms with Crippen LogP contribution < -0.4 is 0 Å². The van der Waals surface area contributed by atoms with Gasteiger partial charge in [0.25, 0.3) is 0 Å². The van der Waals surface area contributed by atoms with Gasteiger partial charge in [-0.3, -0.25) is 4.79 Å². The maximum absolute atomic E-state index is 13.5. The van der Waals surface area contributed by atoms with E-state index < -0.39 is 29.1 Å². The molecular formula is C26H29F4NO4. The van der Waals surface area contributed by atoms with Crippen LogP contribution in [0.25, 0.3) is 0 Å². The molecule has 0 heterocycles. The number of carbonyl (C=O) groups excluding carboxylic acids is 1. The zero-order chi connectivity index (χ0) is 26.4. The summed E-state index contributed by atoms with van der Waals surface area (Å²) in [5.74, 6) is -4.80. The molecule has 2 aromatic rings. The van der Waals surface area contributed by atoms with Crippen LogP contribution in [0.1, 0.15) is 42.6 Å². The molecule has 2 unspecified atom stereocenters. The first-order valence-electron chi connectivity index (χ1n) is 10.8. The van der Waals surface area contributed by atoms with Crippen molar-refractivity contribution in [2.75, 3.05) is 13.2 Å². The number of ether oxygens (including phenoxy) is 2. The number of hydrogen-bond donors (Lipinski definition) is 1. The van der Waals surface area contributed by atoms with E-state index in [0.717, 1.165) is 12.1 Å². The standard InChI is InChI=1S/C13H15F2NO2.C13H14F2O2/c1-3-9(4-2)18-8-12(16-17)10-6-5-7-11(14)13(10)15;1-3-9(4-2)17-8-12(16)10-6-5-7-11(14)13(10)15/h3,5-7,9,17H,1,4,8H2,2H3;3,5-7,9H,1,4,8H2,2H3. The summed E-state index contributed by atoms with van der Waals surface area (Å²) in [5, 5.41) is 11.8. The van der Waals surface area contributed by atoms with Crippen molar-refractivity contribution >= 4 is 11.5 Å². The van der Waals surface area contributed by atoms with Crippen LogP contribution in [0.5, 0.6) is 0 Å². The Morgan fingerprint density at radius 1 is 0.886 bits per heavy atom. The van der Waals surface area contributed by atoms with Crippen molar-refractivity contribution in [3.8, 4) is 0 Å². The third-order valence-corrected chi connectivity index (χ3v) is 4.83. The molecule has 0 saturated heterocycles. The highest BCUT2D eigenvalue weighted by atomic mass is 19.2. The lowest BCUT2D eigenvalue weighted by Gasteiger charge is -2.12. The van der Waals surface area contributed by atoms with E-state index in [1.165, 1.54) is 24.3 Å². The molecule has 0 amide bonds. The fourth-order valence-corrected chi connectivity index (χ4v) is 2.76. The normalized spacial score (nSPS) is 12.8. The van der Waals surface area contributed by atoms with Crippen LogP contribution >= 0.6 is 0 Å². The average Bonchev–Trinajstić information content (AvgIpc) is 2.86. The molecule has 0 aromatic heterocycles. The van der Waals surface area contributed by atoms with E-state index >= 15 is 0 Å². The van der Waals surface area contributed by atoms with E-state index in [9.17, 15) is 22.4 Å². The Hall–Kier alpha value is -3.30. The average molecular weight is 496 g/mol. The molecule has 190 valence electrons. The zero-order valence-corrected chi connectivity index (χ0v) is 19.6. The lowest BCUT2D eigenvalue weighted by atomic mass is 10.1. The van der Waals surface area contributed by atoms with Crippen LogP contribution in [0.4, 0.5) is 17.6 Å². The predicted octanol–water partition coefficient (Wildman–Crippen LogP) is 6.25. The van der Waals surface area contributed by atoms with Crippen molar-refractivity contribution in [1.82, 2.24) is 0 Å². The van der Waals surface area contributed by atoms with Crippen molar-refractivity contribution in [1.29, 1.82) is 0 Å². The monoisotopic (exact) mass is 495 g/mol. The first kappa shape index (κ1) is 29.7. The van der Waals surface area contributed by atoms with E-state index in [1.54, 1.807) is 12.2 Å². The molecule has 0 bridgehead atoms. The van der Waals surface area contributed by atoms with Gasteiger partial charge in [0.1, 0.15) is 12.3 Å². The van der Waals surface area contributed by atoms with E-state index in [-0.39, 0.29) is 42.3 Å². The Morgan fingerprint density at radius 3 is 1.80 bits per heavy atom. The fourth-order valence-electron chi connectivity index (χ4n) is 2.76. The van der Waals surface area contributed by atoms with Gasteiger partial charge in [0.15, 0.2) is 29.1 Å². The third kappa shape index (κ3) is 9.11. The first-order chi connectivity index (χ1) is 16.7. The molecule has 9 heteroatoms. The van der Waals surface area contributed by atoms with Crippen LogP contribution in [0.3, 0.4) is 0 Å². The van der Waals surface area contributed by atoms with Gasteiger partial charge in [-0.2, -0.15) is 0 Å². The zero-order valence-electron chi connectivity index (χ0n) is 19.6. The number of rotatable bonds is 12. The minimum Gasteiger partial charge on any atom is -0.411 e. The van der Waals surface area contributed by atoms with Crippen LogP contribution in [0.2, 0.25) is 0 Å². The smallest absolute Gasteiger partial charge is 0.191 e. The molecule has 0 aliphatic carbocycles. The van der Waals surface area contributed by atoms with Gasteiger partial charge in [-0.1, -0.05) is 43.3 Å². The Balaban J connectivity index is 0.000000351. The summed E-state index contributed by atoms with van der Waals surface area (Å²) >= 11 is 0. The molecule has 0 fully saturated rings. The van der Waals surface area contributed by atoms with E-state index in [4.69, 9.17) is 14.7 Å². The molecule has 2 atom stereocenters. The van der Waals surface area contributed by atoms with Crippen LogP contribution in [-0.4, -0.2) is 42.1 Å². The number of carbonyl (C=O) groups is 1. The molecule has 0 radical (unpaired) electrons. The Bertz CT molecular complexity index is 1030. The second-order valence-corrected chi connectivity index (χ2v) is 7.16. The maximum Gasteiger partial charge on any atom is 0.191 e. The quantitative estimate of drug-likeness (QED) is 0.0944. The summed E-state index contributed by atoms with van der Waals surface area (Å²) < 4.78 is 63.2. The number of Topliss-reactive ketones (excluding diaryl/α,β-unsaturated/α-hetero) is 1. The van der Waals surface area contributed by atoms with Crippen molar-refractivity contribution in [2.45, 2.75) is 38.9 Å². The molecular weight excluding hydrogens is 466 g/mol. The third-order valence-electron chi connectivity index (χ3n) is 4.83. The van der Waals surface area contributed by atoms with Gasteiger partial charge in [0.05, 0.1) is 24.4 Å². The number of ketones is 1. The van der Waals surface area contributed by atoms with Gasteiger partial charge in [0.2, 0.25) is 0 Å². The van der Waals surface area contributed by atoms with Crippen LogP contribution in [-0.2, 0) is 9.47 Å². The van der Waals surface area contributed by atoms with E-state index in [2.05, 4.69) is 18.3 Å². The molecule has 0 aliphatic heterocycles. The van der Waals surface area contributed by atoms with Gasteiger partial charge >= 0.3 is 0 Å². The molecule has 0 saturated carbocycles. The maximum atomic E-state index is 13.5. The largest absolute Gasteiger partial charge is 0.411 e. The minimum atomic E-state index is -1.13. The summed E-state index contributed by atoms with van der Waals surface area (Å²) in [6, 6.07) is 7.14. The van der Waals surface area contributed by atoms with Gasteiger partial charge in [0, 0.05) is 5.56 Å². The Kier molecular flexibility index (Phi) is 13.2. The van der Waals surface area contributed by atoms with Gasteiger partial charge in [-0.25, -0.2) is 17.6 Å². The number of nitrogens with zero attached hydrogens (tertiary/aromatic N) is 1. The molecule has 5 nitrogen and oxygen atoms in total. The van der Waals surface area contributed by atoms with Crippen molar-refractivity contribution in [2.24, 2.45) is 5.16 Å². The second-order valence-electron chi connectivity index (χ2n) is 7.16. The van der Waals surface area contributed by atoms with Crippen molar-refractivity contribution < 1.29 is 37.0 Å². The van der Waals surface area contributed by atoms with Crippen molar-refractivity contribution in [3.63, 3.8) is 0 Å². The summed E-state index contributed by atoms with van der Waals surface area (Å²) in [5.41, 5.74) is -0.465. The van der Waals surface area contributed by atoms with Crippen LogP contribution in [0.15, 0.2) is 66.9 Å². The Labute approximate surface area is 202 Å². The second kappa shape index (κ2) is 15.6.